The molecule has 1 aliphatic heterocycles. The molecule has 4 nitrogen and oxygen atoms in total. The van der Waals surface area contributed by atoms with E-state index in [9.17, 15) is 18.0 Å². The zero-order chi connectivity index (χ0) is 12.9. The summed E-state index contributed by atoms with van der Waals surface area (Å²) in [4.78, 5) is 11.4. The van der Waals surface area contributed by atoms with Gasteiger partial charge in [0.2, 0.25) is 0 Å². The van der Waals surface area contributed by atoms with Crippen molar-refractivity contribution in [2.75, 3.05) is 26.2 Å². The average molecular weight is 255 g/mol. The van der Waals surface area contributed by atoms with Crippen LogP contribution in [0.4, 0.5) is 13.2 Å². The van der Waals surface area contributed by atoms with Crippen LogP contribution in [0.15, 0.2) is 0 Å². The lowest BCUT2D eigenvalue weighted by molar-refractivity contribution is -0.157. The molecule has 0 aromatic heterocycles. The number of carboxylic acids is 1. The van der Waals surface area contributed by atoms with E-state index in [4.69, 9.17) is 9.84 Å². The highest BCUT2D eigenvalue weighted by molar-refractivity contribution is 5.69. The first-order valence-corrected chi connectivity index (χ1v) is 5.49. The fraction of sp³-hybridized carbons (Fsp3) is 0.900. The summed E-state index contributed by atoms with van der Waals surface area (Å²) < 4.78 is 42.0. The summed E-state index contributed by atoms with van der Waals surface area (Å²) in [6, 6.07) is 0. The Labute approximate surface area is 97.3 Å². The molecule has 0 spiro atoms. The van der Waals surface area contributed by atoms with E-state index in [2.05, 4.69) is 0 Å². The van der Waals surface area contributed by atoms with E-state index in [1.165, 1.54) is 0 Å². The van der Waals surface area contributed by atoms with Crippen LogP contribution in [0, 0.1) is 0 Å². The number of ether oxygens (including phenoxy) is 1. The van der Waals surface area contributed by atoms with Gasteiger partial charge in [0, 0.05) is 13.2 Å². The lowest BCUT2D eigenvalue weighted by Crippen LogP contribution is -2.43. The summed E-state index contributed by atoms with van der Waals surface area (Å²) in [6.45, 7) is -1.26. The summed E-state index contributed by atoms with van der Waals surface area (Å²) in [7, 11) is 0. The molecule has 100 valence electrons. The van der Waals surface area contributed by atoms with Crippen molar-refractivity contribution in [1.29, 1.82) is 0 Å². The Balaban J connectivity index is 2.46. The number of hydrogen-bond acceptors (Lipinski definition) is 3. The van der Waals surface area contributed by atoms with Crippen LogP contribution in [0.25, 0.3) is 0 Å². The maximum Gasteiger partial charge on any atom is 0.401 e. The summed E-state index contributed by atoms with van der Waals surface area (Å²) in [6.07, 6.45) is -2.16. The number of alkyl halides is 3. The van der Waals surface area contributed by atoms with E-state index in [0.717, 1.165) is 17.7 Å². The van der Waals surface area contributed by atoms with E-state index < -0.39 is 25.2 Å². The highest BCUT2D eigenvalue weighted by atomic mass is 19.4. The third-order valence-corrected chi connectivity index (χ3v) is 2.50. The monoisotopic (exact) mass is 255 g/mol. The van der Waals surface area contributed by atoms with Crippen LogP contribution in [0.3, 0.4) is 0 Å². The molecule has 0 aromatic carbocycles. The maximum atomic E-state index is 12.2. The maximum absolute atomic E-state index is 12.2. The Morgan fingerprint density at radius 1 is 1.41 bits per heavy atom. The van der Waals surface area contributed by atoms with Crippen LogP contribution in [-0.2, 0) is 9.53 Å². The van der Waals surface area contributed by atoms with Gasteiger partial charge in [-0.3, -0.25) is 9.69 Å². The zero-order valence-electron chi connectivity index (χ0n) is 9.37. The second-order valence-electron chi connectivity index (χ2n) is 4.17. The topological polar surface area (TPSA) is 49.8 Å². The van der Waals surface area contributed by atoms with Crippen LogP contribution < -0.4 is 0 Å². The van der Waals surface area contributed by atoms with Gasteiger partial charge < -0.3 is 9.84 Å². The van der Waals surface area contributed by atoms with Gasteiger partial charge >= 0.3 is 12.1 Å². The third-order valence-electron chi connectivity index (χ3n) is 2.50. The molecule has 1 fully saturated rings. The van der Waals surface area contributed by atoms with Crippen molar-refractivity contribution in [3.8, 4) is 0 Å². The van der Waals surface area contributed by atoms with Gasteiger partial charge in [-0.05, 0) is 19.3 Å². The van der Waals surface area contributed by atoms with Crippen molar-refractivity contribution in [3.05, 3.63) is 0 Å². The number of hydrogen-bond donors (Lipinski definition) is 1. The first-order valence-electron chi connectivity index (χ1n) is 5.49. The second-order valence-corrected chi connectivity index (χ2v) is 4.17. The number of carboxylic acid groups (broad SMARTS) is 1. The predicted octanol–water partition coefficient (Wildman–Crippen LogP) is 1.50. The Morgan fingerprint density at radius 3 is 2.59 bits per heavy atom. The minimum atomic E-state index is -4.38. The van der Waals surface area contributed by atoms with Gasteiger partial charge in [-0.2, -0.15) is 13.2 Å². The van der Waals surface area contributed by atoms with Crippen LogP contribution >= 0.6 is 0 Å². The first-order chi connectivity index (χ1) is 7.87. The number of rotatable bonds is 5. The van der Waals surface area contributed by atoms with Crippen LogP contribution in [0.5, 0.6) is 0 Å². The second kappa shape index (κ2) is 6.20. The molecule has 0 amide bonds. The molecule has 1 N–H and O–H groups in total. The molecule has 0 saturated carbocycles. The SMILES string of the molecule is O=C(O)CN(CC1CCCCO1)CC(F)(F)F. The van der Waals surface area contributed by atoms with E-state index in [1.807, 2.05) is 0 Å². The fourth-order valence-electron chi connectivity index (χ4n) is 1.87. The molecule has 1 atom stereocenters. The normalized spacial score (nSPS) is 21.8. The largest absolute Gasteiger partial charge is 0.480 e. The number of carbonyl (C=O) groups is 1. The Hall–Kier alpha value is -0.820. The lowest BCUT2D eigenvalue weighted by atomic mass is 10.1. The van der Waals surface area contributed by atoms with Crippen molar-refractivity contribution in [1.82, 2.24) is 4.90 Å². The average Bonchev–Trinajstić information content (AvgIpc) is 2.15. The lowest BCUT2D eigenvalue weighted by Gasteiger charge is -2.29. The molecule has 17 heavy (non-hydrogen) atoms. The molecule has 1 saturated heterocycles. The quantitative estimate of drug-likeness (QED) is 0.809. The highest BCUT2D eigenvalue weighted by Crippen LogP contribution is 2.19. The van der Waals surface area contributed by atoms with Crippen molar-refractivity contribution < 1.29 is 27.8 Å². The van der Waals surface area contributed by atoms with E-state index in [1.54, 1.807) is 0 Å². The smallest absolute Gasteiger partial charge is 0.401 e. The van der Waals surface area contributed by atoms with Crippen molar-refractivity contribution in [3.63, 3.8) is 0 Å². The standard InChI is InChI=1S/C10H16F3NO3/c11-10(12,13)7-14(6-9(15)16)5-8-3-1-2-4-17-8/h8H,1-7H2,(H,15,16). The molecule has 0 aliphatic carbocycles. The summed E-state index contributed by atoms with van der Waals surface area (Å²) in [5, 5.41) is 8.56. The van der Waals surface area contributed by atoms with Crippen molar-refractivity contribution in [2.45, 2.75) is 31.5 Å². The van der Waals surface area contributed by atoms with E-state index in [0.29, 0.717) is 13.0 Å². The molecule has 0 aromatic rings. The Kier molecular flexibility index (Phi) is 5.20. The number of halogens is 3. The third kappa shape index (κ3) is 6.48. The van der Waals surface area contributed by atoms with E-state index >= 15 is 0 Å². The van der Waals surface area contributed by atoms with Gasteiger partial charge in [0.1, 0.15) is 0 Å². The number of aliphatic carboxylic acids is 1. The summed E-state index contributed by atoms with van der Waals surface area (Å²) in [5.74, 6) is -1.26. The van der Waals surface area contributed by atoms with Crippen molar-refractivity contribution in [2.24, 2.45) is 0 Å². The van der Waals surface area contributed by atoms with Gasteiger partial charge in [-0.15, -0.1) is 0 Å². The van der Waals surface area contributed by atoms with Gasteiger partial charge in [0.15, 0.2) is 0 Å². The van der Waals surface area contributed by atoms with Crippen LogP contribution in [0.2, 0.25) is 0 Å². The van der Waals surface area contributed by atoms with E-state index in [-0.39, 0.29) is 12.6 Å². The van der Waals surface area contributed by atoms with Gasteiger partial charge in [0.05, 0.1) is 19.2 Å². The van der Waals surface area contributed by atoms with Crippen molar-refractivity contribution >= 4 is 5.97 Å². The minimum Gasteiger partial charge on any atom is -0.480 e. The Morgan fingerprint density at radius 2 is 2.12 bits per heavy atom. The fourth-order valence-corrected chi connectivity index (χ4v) is 1.87. The molecule has 0 radical (unpaired) electrons. The van der Waals surface area contributed by atoms with Gasteiger partial charge in [-0.25, -0.2) is 0 Å². The summed E-state index contributed by atoms with van der Waals surface area (Å²) in [5.41, 5.74) is 0. The van der Waals surface area contributed by atoms with Crippen LogP contribution in [0.1, 0.15) is 19.3 Å². The Bertz CT molecular complexity index is 252. The van der Waals surface area contributed by atoms with Crippen LogP contribution in [-0.4, -0.2) is 54.5 Å². The zero-order valence-corrected chi connectivity index (χ0v) is 9.37. The minimum absolute atomic E-state index is 0.0197. The molecule has 7 heteroatoms. The number of nitrogens with zero attached hydrogens (tertiary/aromatic N) is 1. The molecule has 1 rings (SSSR count). The van der Waals surface area contributed by atoms with Gasteiger partial charge in [-0.1, -0.05) is 0 Å². The highest BCUT2D eigenvalue weighted by Gasteiger charge is 2.32. The summed E-state index contributed by atoms with van der Waals surface area (Å²) >= 11 is 0. The molecule has 0 bridgehead atoms. The molecular weight excluding hydrogens is 239 g/mol. The molecular formula is C10H16F3NO3. The molecule has 1 heterocycles. The first kappa shape index (κ1) is 14.2. The molecule has 1 unspecified atom stereocenters. The van der Waals surface area contributed by atoms with Gasteiger partial charge in [0.25, 0.3) is 0 Å². The molecule has 1 aliphatic rings. The predicted molar refractivity (Wildman–Crippen MR) is 53.7 cm³/mol.